The number of halogens is 2. The molecule has 1 aromatic rings. The van der Waals surface area contributed by atoms with Gasteiger partial charge in [-0.25, -0.2) is 4.39 Å². The quantitative estimate of drug-likeness (QED) is 0.597. The van der Waals surface area contributed by atoms with Crippen LogP contribution in [0.1, 0.15) is 37.5 Å². The van der Waals surface area contributed by atoms with Crippen LogP contribution >= 0.6 is 11.6 Å². The standard InChI is InChI=1S/C11H14ClF/c1-11(2,3)9-6-4-5-8(7-9)10(12)13/h4-7,10H,1-3H3. The molecule has 1 aromatic carbocycles. The molecule has 0 aliphatic carbocycles. The number of alkyl halides is 2. The fourth-order valence-electron chi connectivity index (χ4n) is 1.14. The summed E-state index contributed by atoms with van der Waals surface area (Å²) in [5.74, 6) is 0. The van der Waals surface area contributed by atoms with E-state index in [9.17, 15) is 4.39 Å². The highest BCUT2D eigenvalue weighted by Crippen LogP contribution is 2.27. The number of rotatable bonds is 1. The van der Waals surface area contributed by atoms with Crippen LogP contribution in [0.15, 0.2) is 24.3 Å². The van der Waals surface area contributed by atoms with Gasteiger partial charge >= 0.3 is 0 Å². The maximum absolute atomic E-state index is 12.8. The Morgan fingerprint density at radius 2 is 1.92 bits per heavy atom. The first kappa shape index (κ1) is 10.5. The topological polar surface area (TPSA) is 0 Å². The van der Waals surface area contributed by atoms with Gasteiger partial charge in [0.25, 0.3) is 0 Å². The van der Waals surface area contributed by atoms with Crippen LogP contribution in [-0.2, 0) is 5.41 Å². The molecule has 2 heteroatoms. The summed E-state index contributed by atoms with van der Waals surface area (Å²) in [6.45, 7) is 6.27. The van der Waals surface area contributed by atoms with Crippen molar-refractivity contribution in [2.75, 3.05) is 0 Å². The summed E-state index contributed by atoms with van der Waals surface area (Å²) in [6, 6.07) is 7.35. The van der Waals surface area contributed by atoms with Gasteiger partial charge in [0.2, 0.25) is 0 Å². The van der Waals surface area contributed by atoms with Crippen LogP contribution in [-0.4, -0.2) is 0 Å². The summed E-state index contributed by atoms with van der Waals surface area (Å²) >= 11 is 5.36. The van der Waals surface area contributed by atoms with Crippen molar-refractivity contribution in [2.45, 2.75) is 31.8 Å². The van der Waals surface area contributed by atoms with Gasteiger partial charge in [-0.3, -0.25) is 0 Å². The zero-order valence-corrected chi connectivity index (χ0v) is 8.90. The molecule has 0 saturated carbocycles. The van der Waals surface area contributed by atoms with E-state index in [-0.39, 0.29) is 5.41 Å². The highest BCUT2D eigenvalue weighted by molar-refractivity contribution is 6.19. The average Bonchev–Trinajstić information content (AvgIpc) is 2.03. The highest BCUT2D eigenvalue weighted by Gasteiger charge is 2.15. The van der Waals surface area contributed by atoms with Crippen LogP contribution in [0.2, 0.25) is 0 Å². The maximum Gasteiger partial charge on any atom is 0.198 e. The SMILES string of the molecule is CC(C)(C)c1cccc(C(F)Cl)c1. The van der Waals surface area contributed by atoms with Gasteiger partial charge in [-0.15, -0.1) is 0 Å². The predicted molar refractivity (Wildman–Crippen MR) is 54.8 cm³/mol. The fourth-order valence-corrected chi connectivity index (χ4v) is 1.28. The summed E-state index contributed by atoms with van der Waals surface area (Å²) in [5.41, 5.74) is 0.284. The Balaban J connectivity index is 3.06. The monoisotopic (exact) mass is 200 g/mol. The largest absolute Gasteiger partial charge is 0.225 e. The van der Waals surface area contributed by atoms with Gasteiger partial charge < -0.3 is 0 Å². The number of hydrogen-bond donors (Lipinski definition) is 0. The lowest BCUT2D eigenvalue weighted by Gasteiger charge is -2.19. The molecule has 72 valence electrons. The van der Waals surface area contributed by atoms with Gasteiger partial charge in [-0.2, -0.15) is 0 Å². The van der Waals surface area contributed by atoms with Crippen molar-refractivity contribution in [2.24, 2.45) is 0 Å². The number of hydrogen-bond acceptors (Lipinski definition) is 0. The Bertz CT molecular complexity index is 286. The Labute approximate surface area is 83.7 Å². The van der Waals surface area contributed by atoms with E-state index < -0.39 is 5.63 Å². The molecule has 0 amide bonds. The lowest BCUT2D eigenvalue weighted by molar-refractivity contribution is 0.459. The van der Waals surface area contributed by atoms with Crippen LogP contribution in [0.3, 0.4) is 0 Å². The highest BCUT2D eigenvalue weighted by atomic mass is 35.5. The second-order valence-corrected chi connectivity index (χ2v) is 4.56. The molecule has 0 saturated heterocycles. The van der Waals surface area contributed by atoms with E-state index in [4.69, 9.17) is 11.6 Å². The van der Waals surface area contributed by atoms with E-state index in [1.54, 1.807) is 6.07 Å². The smallest absolute Gasteiger partial charge is 0.198 e. The van der Waals surface area contributed by atoms with Crippen molar-refractivity contribution in [1.29, 1.82) is 0 Å². The molecule has 13 heavy (non-hydrogen) atoms. The van der Waals surface area contributed by atoms with Gasteiger partial charge in [-0.1, -0.05) is 56.6 Å². The second kappa shape index (κ2) is 3.67. The van der Waals surface area contributed by atoms with E-state index in [1.807, 2.05) is 18.2 Å². The summed E-state index contributed by atoms with van der Waals surface area (Å²) in [5, 5.41) is 0. The third-order valence-electron chi connectivity index (χ3n) is 2.00. The third-order valence-corrected chi connectivity index (χ3v) is 2.26. The van der Waals surface area contributed by atoms with E-state index in [0.29, 0.717) is 5.56 Å². The Hall–Kier alpha value is -0.560. The minimum atomic E-state index is -1.40. The van der Waals surface area contributed by atoms with E-state index in [1.165, 1.54) is 0 Å². The first-order chi connectivity index (χ1) is 5.91. The predicted octanol–water partition coefficient (Wildman–Crippen LogP) is 4.19. The number of benzene rings is 1. The zero-order chi connectivity index (χ0) is 10.1. The molecule has 0 aromatic heterocycles. The molecular weight excluding hydrogens is 187 g/mol. The lowest BCUT2D eigenvalue weighted by atomic mass is 9.86. The molecular formula is C11H14ClF. The van der Waals surface area contributed by atoms with Gasteiger partial charge in [0.05, 0.1) is 0 Å². The van der Waals surface area contributed by atoms with Crippen molar-refractivity contribution in [3.8, 4) is 0 Å². The van der Waals surface area contributed by atoms with Crippen LogP contribution in [0.4, 0.5) is 4.39 Å². The molecule has 1 unspecified atom stereocenters. The first-order valence-electron chi connectivity index (χ1n) is 4.30. The Kier molecular flexibility index (Phi) is 2.97. The van der Waals surface area contributed by atoms with E-state index in [2.05, 4.69) is 20.8 Å². The van der Waals surface area contributed by atoms with Crippen molar-refractivity contribution in [3.05, 3.63) is 35.4 Å². The summed E-state index contributed by atoms with van der Waals surface area (Å²) in [6.07, 6.45) is 0. The Morgan fingerprint density at radius 1 is 1.31 bits per heavy atom. The maximum atomic E-state index is 12.8. The minimum Gasteiger partial charge on any atom is -0.225 e. The van der Waals surface area contributed by atoms with Gasteiger partial charge in [0, 0.05) is 5.56 Å². The van der Waals surface area contributed by atoms with Crippen molar-refractivity contribution in [3.63, 3.8) is 0 Å². The molecule has 0 aliphatic rings. The zero-order valence-electron chi connectivity index (χ0n) is 8.14. The van der Waals surface area contributed by atoms with Gasteiger partial charge in [-0.05, 0) is 11.0 Å². The second-order valence-electron chi connectivity index (χ2n) is 4.18. The molecule has 0 radical (unpaired) electrons. The van der Waals surface area contributed by atoms with Crippen LogP contribution in [0.25, 0.3) is 0 Å². The van der Waals surface area contributed by atoms with E-state index >= 15 is 0 Å². The molecule has 0 N–H and O–H groups in total. The summed E-state index contributed by atoms with van der Waals surface area (Å²) < 4.78 is 12.8. The first-order valence-corrected chi connectivity index (χ1v) is 4.73. The van der Waals surface area contributed by atoms with Crippen molar-refractivity contribution >= 4 is 11.6 Å². The molecule has 1 atom stereocenters. The van der Waals surface area contributed by atoms with Crippen molar-refractivity contribution < 1.29 is 4.39 Å². The average molecular weight is 201 g/mol. The third kappa shape index (κ3) is 2.70. The van der Waals surface area contributed by atoms with Crippen LogP contribution < -0.4 is 0 Å². The lowest BCUT2D eigenvalue weighted by Crippen LogP contribution is -2.11. The molecule has 0 spiro atoms. The summed E-state index contributed by atoms with van der Waals surface area (Å²) in [4.78, 5) is 0. The van der Waals surface area contributed by atoms with E-state index in [0.717, 1.165) is 5.56 Å². The van der Waals surface area contributed by atoms with Crippen molar-refractivity contribution in [1.82, 2.24) is 0 Å². The van der Waals surface area contributed by atoms with Gasteiger partial charge in [0.1, 0.15) is 0 Å². The molecule has 0 heterocycles. The minimum absolute atomic E-state index is 0.0434. The van der Waals surface area contributed by atoms with Gasteiger partial charge in [0.15, 0.2) is 5.63 Å². The molecule has 0 bridgehead atoms. The molecule has 0 aliphatic heterocycles. The van der Waals surface area contributed by atoms with Crippen LogP contribution in [0.5, 0.6) is 0 Å². The fraction of sp³-hybridized carbons (Fsp3) is 0.455. The normalized spacial score (nSPS) is 14.2. The molecule has 1 rings (SSSR count). The molecule has 0 nitrogen and oxygen atoms in total. The van der Waals surface area contributed by atoms with Crippen LogP contribution in [0, 0.1) is 0 Å². The Morgan fingerprint density at radius 3 is 2.38 bits per heavy atom. The summed E-state index contributed by atoms with van der Waals surface area (Å²) in [7, 11) is 0. The molecule has 0 fully saturated rings.